The lowest BCUT2D eigenvalue weighted by atomic mass is 10.2. The van der Waals surface area contributed by atoms with Crippen molar-refractivity contribution in [3.8, 4) is 0 Å². The molecule has 1 aliphatic rings. The fourth-order valence-corrected chi connectivity index (χ4v) is 1.37. The Kier molecular flexibility index (Phi) is 4.68. The molecule has 0 saturated heterocycles. The molecule has 1 aliphatic heterocycles. The Morgan fingerprint density at radius 3 is 2.80 bits per heavy atom. The monoisotopic (exact) mass is 207 g/mol. The Labute approximate surface area is 90.7 Å². The molecule has 0 aromatic rings. The molecule has 0 atom stereocenters. The summed E-state index contributed by atoms with van der Waals surface area (Å²) < 4.78 is 4.98. The third kappa shape index (κ3) is 3.27. The van der Waals surface area contributed by atoms with E-state index in [1.165, 1.54) is 0 Å². The maximum absolute atomic E-state index is 11.6. The van der Waals surface area contributed by atoms with Crippen molar-refractivity contribution in [3.05, 3.63) is 36.2 Å². The second-order valence-electron chi connectivity index (χ2n) is 3.20. The molecule has 0 aliphatic carbocycles. The Bertz CT molecular complexity index is 303. The summed E-state index contributed by atoms with van der Waals surface area (Å²) in [7, 11) is 0. The van der Waals surface area contributed by atoms with Crippen molar-refractivity contribution >= 4 is 6.09 Å². The third-order valence-electron chi connectivity index (χ3n) is 2.03. The molecule has 1 rings (SSSR count). The molecule has 0 N–H and O–H groups in total. The highest BCUT2D eigenvalue weighted by Crippen LogP contribution is 2.16. The van der Waals surface area contributed by atoms with E-state index in [0.29, 0.717) is 6.61 Å². The molecule has 0 fully saturated rings. The van der Waals surface area contributed by atoms with Crippen LogP contribution in [0.5, 0.6) is 0 Å². The minimum Gasteiger partial charge on any atom is -0.449 e. The van der Waals surface area contributed by atoms with Crippen LogP contribution in [0.25, 0.3) is 0 Å². The highest BCUT2D eigenvalue weighted by molar-refractivity contribution is 5.71. The topological polar surface area (TPSA) is 29.5 Å². The van der Waals surface area contributed by atoms with Gasteiger partial charge in [-0.25, -0.2) is 4.79 Å². The molecule has 3 nitrogen and oxygen atoms in total. The molecule has 1 heterocycles. The first-order valence-corrected chi connectivity index (χ1v) is 5.29. The molecule has 0 unspecified atom stereocenters. The second-order valence-corrected chi connectivity index (χ2v) is 3.20. The molecule has 0 bridgehead atoms. The zero-order valence-corrected chi connectivity index (χ0v) is 9.27. The van der Waals surface area contributed by atoms with Gasteiger partial charge >= 0.3 is 6.09 Å². The number of ether oxygens (including phenoxy) is 1. The number of hydrogen-bond donors (Lipinski definition) is 0. The van der Waals surface area contributed by atoms with Crippen molar-refractivity contribution in [2.75, 3.05) is 6.61 Å². The number of hydrogen-bond acceptors (Lipinski definition) is 2. The fraction of sp³-hybridized carbons (Fsp3) is 0.417. The predicted molar refractivity (Wildman–Crippen MR) is 60.1 cm³/mol. The highest BCUT2D eigenvalue weighted by Gasteiger charge is 2.15. The van der Waals surface area contributed by atoms with E-state index in [0.717, 1.165) is 18.5 Å². The van der Waals surface area contributed by atoms with Gasteiger partial charge in [0.2, 0.25) is 0 Å². The van der Waals surface area contributed by atoms with Crippen LogP contribution in [0.1, 0.15) is 26.7 Å². The molecule has 0 spiro atoms. The van der Waals surface area contributed by atoms with Crippen LogP contribution in [0, 0.1) is 0 Å². The zero-order valence-electron chi connectivity index (χ0n) is 9.27. The number of rotatable bonds is 3. The maximum atomic E-state index is 11.6. The van der Waals surface area contributed by atoms with Gasteiger partial charge in [-0.3, -0.25) is 4.90 Å². The molecule has 3 heteroatoms. The van der Waals surface area contributed by atoms with Crippen molar-refractivity contribution in [2.45, 2.75) is 26.7 Å². The van der Waals surface area contributed by atoms with Crippen molar-refractivity contribution in [1.82, 2.24) is 4.90 Å². The first kappa shape index (κ1) is 11.6. The number of amides is 1. The summed E-state index contributed by atoms with van der Waals surface area (Å²) in [6, 6.07) is 0. The average Bonchev–Trinajstić information content (AvgIpc) is 2.44. The Morgan fingerprint density at radius 2 is 2.13 bits per heavy atom. The van der Waals surface area contributed by atoms with Gasteiger partial charge in [-0.05, 0) is 25.5 Å². The molecule has 0 radical (unpaired) electrons. The summed E-state index contributed by atoms with van der Waals surface area (Å²) in [6.07, 6.45) is 10.9. The second kappa shape index (κ2) is 6.06. The van der Waals surface area contributed by atoms with E-state index in [4.69, 9.17) is 4.74 Å². The fourth-order valence-electron chi connectivity index (χ4n) is 1.37. The van der Waals surface area contributed by atoms with Gasteiger partial charge in [0.25, 0.3) is 0 Å². The molecule has 0 aromatic carbocycles. The predicted octanol–water partition coefficient (Wildman–Crippen LogP) is 3.21. The lowest BCUT2D eigenvalue weighted by molar-refractivity contribution is 0.129. The van der Waals surface area contributed by atoms with Crippen LogP contribution >= 0.6 is 0 Å². The number of carbonyl (C=O) groups excluding carboxylic acids is 1. The molecular weight excluding hydrogens is 190 g/mol. The number of nitrogens with zero attached hydrogens (tertiary/aromatic N) is 1. The van der Waals surface area contributed by atoms with Gasteiger partial charge in [0.1, 0.15) is 0 Å². The Morgan fingerprint density at radius 1 is 1.33 bits per heavy atom. The van der Waals surface area contributed by atoms with E-state index >= 15 is 0 Å². The molecule has 0 aromatic heterocycles. The van der Waals surface area contributed by atoms with Crippen LogP contribution in [0.15, 0.2) is 36.2 Å². The van der Waals surface area contributed by atoms with Crippen LogP contribution in [0.4, 0.5) is 4.79 Å². The zero-order chi connectivity index (χ0) is 11.1. The summed E-state index contributed by atoms with van der Waals surface area (Å²) in [5.74, 6) is 0. The van der Waals surface area contributed by atoms with E-state index in [-0.39, 0.29) is 6.09 Å². The standard InChI is InChI=1S/C12H17NO2/c1-3-8-11-9-6-5-7-10-13(11)12(14)15-4-2/h5-7,9-10H,3-4,8H2,1-2H3. The van der Waals surface area contributed by atoms with Gasteiger partial charge < -0.3 is 4.74 Å². The van der Waals surface area contributed by atoms with E-state index in [1.807, 2.05) is 24.3 Å². The summed E-state index contributed by atoms with van der Waals surface area (Å²) in [4.78, 5) is 13.2. The summed E-state index contributed by atoms with van der Waals surface area (Å²) in [5, 5.41) is 0. The molecular formula is C12H17NO2. The van der Waals surface area contributed by atoms with Crippen LogP contribution in [0.3, 0.4) is 0 Å². The van der Waals surface area contributed by atoms with Gasteiger partial charge in [-0.1, -0.05) is 25.5 Å². The lowest BCUT2D eigenvalue weighted by Crippen LogP contribution is -2.25. The van der Waals surface area contributed by atoms with Crippen molar-refractivity contribution in [3.63, 3.8) is 0 Å². The molecule has 1 amide bonds. The lowest BCUT2D eigenvalue weighted by Gasteiger charge is -2.19. The summed E-state index contributed by atoms with van der Waals surface area (Å²) in [5.41, 5.74) is 0.973. The van der Waals surface area contributed by atoms with Gasteiger partial charge in [-0.15, -0.1) is 0 Å². The minimum absolute atomic E-state index is 0.308. The number of carbonyl (C=O) groups is 1. The quantitative estimate of drug-likeness (QED) is 0.711. The van der Waals surface area contributed by atoms with Crippen molar-refractivity contribution < 1.29 is 9.53 Å². The van der Waals surface area contributed by atoms with Crippen LogP contribution < -0.4 is 0 Å². The Hall–Kier alpha value is -1.51. The average molecular weight is 207 g/mol. The molecule has 82 valence electrons. The van der Waals surface area contributed by atoms with Gasteiger partial charge in [0.05, 0.1) is 6.61 Å². The van der Waals surface area contributed by atoms with Crippen LogP contribution in [-0.2, 0) is 4.74 Å². The third-order valence-corrected chi connectivity index (χ3v) is 2.03. The van der Waals surface area contributed by atoms with E-state index in [2.05, 4.69) is 6.92 Å². The van der Waals surface area contributed by atoms with Gasteiger partial charge in [0.15, 0.2) is 0 Å². The molecule has 15 heavy (non-hydrogen) atoms. The van der Waals surface area contributed by atoms with E-state index in [9.17, 15) is 4.79 Å². The van der Waals surface area contributed by atoms with Crippen LogP contribution in [-0.4, -0.2) is 17.6 Å². The minimum atomic E-state index is -0.308. The Balaban J connectivity index is 2.78. The van der Waals surface area contributed by atoms with Crippen LogP contribution in [0.2, 0.25) is 0 Å². The van der Waals surface area contributed by atoms with E-state index in [1.54, 1.807) is 18.0 Å². The largest absolute Gasteiger partial charge is 0.449 e. The molecule has 0 saturated carbocycles. The smallest absolute Gasteiger partial charge is 0.418 e. The van der Waals surface area contributed by atoms with Gasteiger partial charge in [0, 0.05) is 11.9 Å². The first-order chi connectivity index (χ1) is 7.29. The maximum Gasteiger partial charge on any atom is 0.418 e. The number of allylic oxidation sites excluding steroid dienone is 5. The van der Waals surface area contributed by atoms with Crippen molar-refractivity contribution in [1.29, 1.82) is 0 Å². The van der Waals surface area contributed by atoms with E-state index < -0.39 is 0 Å². The first-order valence-electron chi connectivity index (χ1n) is 5.29. The summed E-state index contributed by atoms with van der Waals surface area (Å²) in [6.45, 7) is 4.29. The van der Waals surface area contributed by atoms with Crippen molar-refractivity contribution in [2.24, 2.45) is 0 Å². The van der Waals surface area contributed by atoms with Gasteiger partial charge in [-0.2, -0.15) is 0 Å². The SMILES string of the molecule is CCCC1=CC=CC=CN1C(=O)OCC. The highest BCUT2D eigenvalue weighted by atomic mass is 16.6. The summed E-state index contributed by atoms with van der Waals surface area (Å²) >= 11 is 0. The normalized spacial score (nSPS) is 14.8.